The second-order valence-electron chi connectivity index (χ2n) is 27.1. The molecule has 11 atom stereocenters. The topological polar surface area (TPSA) is 481 Å². The summed E-state index contributed by atoms with van der Waals surface area (Å²) in [6, 6.07) is 12.7. The van der Waals surface area contributed by atoms with Gasteiger partial charge < -0.3 is 85.5 Å². The fraction of sp³-hybridized carbons (Fsp3) is 0.432. The average Bonchev–Trinajstić information content (AvgIpc) is 1.76. The first-order chi connectivity index (χ1) is 51.2. The van der Waals surface area contributed by atoms with Crippen LogP contribution in [-0.4, -0.2) is 191 Å². The van der Waals surface area contributed by atoms with Crippen molar-refractivity contribution < 1.29 is 71.9 Å². The zero-order valence-electron chi connectivity index (χ0n) is 59.5. The number of nitrogens with zero attached hydrogens (tertiary/aromatic N) is 2. The molecule has 8 rings (SSSR count). The van der Waals surface area contributed by atoms with E-state index in [4.69, 9.17) is 23.1 Å². The van der Waals surface area contributed by atoms with Gasteiger partial charge in [0.2, 0.25) is 82.7 Å². The third-order valence-electron chi connectivity index (χ3n) is 18.3. The average molecular weight is 1500 g/mol. The molecule has 17 N–H and O–H groups in total. The van der Waals surface area contributed by atoms with E-state index in [9.17, 15) is 52.7 Å². The van der Waals surface area contributed by atoms with Gasteiger partial charge in [0.25, 0.3) is 0 Å². The van der Waals surface area contributed by atoms with Crippen molar-refractivity contribution >= 4 is 111 Å². The van der Waals surface area contributed by atoms with Gasteiger partial charge in [0.05, 0.1) is 6.42 Å². The van der Waals surface area contributed by atoms with Crippen LogP contribution >= 0.6 is 11.6 Å². The number of aromatic nitrogens is 1. The Kier molecular flexibility index (Phi) is 30.0. The fourth-order valence-electron chi connectivity index (χ4n) is 12.7. The highest BCUT2D eigenvalue weighted by Gasteiger charge is 2.42. The molecule has 16 amide bonds. The molecule has 0 saturated carbocycles. The molecule has 3 fully saturated rings. The van der Waals surface area contributed by atoms with E-state index < -0.39 is 181 Å². The number of nitrogens with two attached hydrogens (primary N) is 2. The van der Waals surface area contributed by atoms with Gasteiger partial charge in [0, 0.05) is 82.6 Å². The molecule has 32 nitrogen and oxygen atoms in total. The zero-order valence-corrected chi connectivity index (χ0v) is 60.3. The molecular weight excluding hydrogens is 1400 g/mol. The van der Waals surface area contributed by atoms with Gasteiger partial charge in [0.15, 0.2) is 0 Å². The van der Waals surface area contributed by atoms with E-state index in [1.54, 1.807) is 86.6 Å². The molecule has 1 aromatic heterocycles. The summed E-state index contributed by atoms with van der Waals surface area (Å²) in [5.74, 6) is -13.7. The van der Waals surface area contributed by atoms with Gasteiger partial charge in [-0.25, -0.2) is 4.79 Å². The molecule has 0 spiro atoms. The normalized spacial score (nSPS) is 21.9. The van der Waals surface area contributed by atoms with Gasteiger partial charge in [0.1, 0.15) is 66.5 Å². The van der Waals surface area contributed by atoms with Gasteiger partial charge >= 0.3 is 6.03 Å². The lowest BCUT2D eigenvalue weighted by Crippen LogP contribution is -2.61. The van der Waals surface area contributed by atoms with Gasteiger partial charge in [-0.2, -0.15) is 0 Å². The SMILES string of the molecule is CC(=O)N[C@H](Cc1ccc2ccccc2c1)C(=O)N[C@H](Cc1ccc(Cl)cc1)C(=O)N[C@H](Cc1cccnc1)C(=O)N[C@H]1CC(=O)NC[C@@H](C(N)=O)NC(=O)[C@@H]2CCCN2C(=O)[C@@H]2CCNC(=O)[C@H](Cc3ccccc3)NC(=O)CC[C@H](NC1=O)C(=O)N[C@H](CCCNC(N)=O)C(=O)N[C@@H](CC(C)C)C(=O)N2. The van der Waals surface area contributed by atoms with Gasteiger partial charge in [-0.1, -0.05) is 116 Å². The molecule has 0 aliphatic carbocycles. The number of hydrogen-bond donors (Lipinski definition) is 15. The standard InChI is InChI=1S/C74H92ClN17O15/c1-41(2)32-53-67(100)86-52-27-30-79-64(97)54(34-43-12-5-4-6-13-43)83-61(94)26-25-51(66(99)84-50(65(98)87-53)17-10-29-80-74(77)107)85-71(104)58(38-62(95)81-40-59(63(76)96)91-72(105)60-18-11-31-92(60)73(52)106)90-70(103)57(37-46-14-9-28-78-39-46)89-69(102)56(35-44-20-23-49(75)24-21-44)88-68(101)55(82-42(3)93)36-45-19-22-47-15-7-8-16-48(47)33-45/h4-9,12-16,19-24,28,33,39,41,50-60H,10-11,17-18,25-27,29-32,34-38,40H2,1-3H3,(H2,76,96)(H,79,97)(H,81,95)(H,82,93)(H,83,94)(H,84,99)(H,85,104)(H,86,100)(H,87,98)(H,88,101)(H,89,102)(H,90,103)(H,91,105)(H3,77,80,107)/t50-,51+,52+,53+,54+,55-,56-,57-,58+,59+,60+/m1/s1. The highest BCUT2D eigenvalue weighted by atomic mass is 35.5. The van der Waals surface area contributed by atoms with Crippen molar-refractivity contribution in [2.24, 2.45) is 17.4 Å². The van der Waals surface area contributed by atoms with E-state index in [2.05, 4.69) is 74.1 Å². The van der Waals surface area contributed by atoms with E-state index in [1.165, 1.54) is 24.2 Å². The molecule has 2 bridgehead atoms. The summed E-state index contributed by atoms with van der Waals surface area (Å²) >= 11 is 6.28. The largest absolute Gasteiger partial charge is 0.368 e. The number of benzene rings is 4. The van der Waals surface area contributed by atoms with Crippen LogP contribution in [0.2, 0.25) is 5.02 Å². The monoisotopic (exact) mass is 1490 g/mol. The maximum atomic E-state index is 15.4. The molecule has 3 aliphatic heterocycles. The smallest absolute Gasteiger partial charge is 0.312 e. The molecule has 107 heavy (non-hydrogen) atoms. The summed E-state index contributed by atoms with van der Waals surface area (Å²) in [6.07, 6.45) is -0.617. The fourth-order valence-corrected chi connectivity index (χ4v) is 12.9. The molecule has 0 radical (unpaired) electrons. The number of amides is 16. The quantitative estimate of drug-likeness (QED) is 0.0286. The minimum atomic E-state index is -2.09. The Hall–Kier alpha value is -11.6. The second kappa shape index (κ2) is 39.5. The number of pyridine rings is 1. The van der Waals surface area contributed by atoms with Crippen molar-refractivity contribution in [2.75, 3.05) is 26.2 Å². The first-order valence-electron chi connectivity index (χ1n) is 35.5. The third-order valence-corrected chi connectivity index (χ3v) is 18.5. The number of rotatable bonds is 22. The third kappa shape index (κ3) is 25.1. The molecule has 3 saturated heterocycles. The van der Waals surface area contributed by atoms with Crippen molar-refractivity contribution in [3.05, 3.63) is 149 Å². The van der Waals surface area contributed by atoms with Crippen molar-refractivity contribution in [3.8, 4) is 0 Å². The van der Waals surface area contributed by atoms with Crippen molar-refractivity contribution in [2.45, 2.75) is 171 Å². The van der Waals surface area contributed by atoms with E-state index in [0.29, 0.717) is 27.3 Å². The molecule has 3 aliphatic rings. The molecule has 4 heterocycles. The Balaban J connectivity index is 1.20. The molecule has 0 unspecified atom stereocenters. The Morgan fingerprint density at radius 1 is 0.589 bits per heavy atom. The maximum absolute atomic E-state index is 15.4. The van der Waals surface area contributed by atoms with Crippen molar-refractivity contribution in [3.63, 3.8) is 0 Å². The van der Waals surface area contributed by atoms with Crippen molar-refractivity contribution in [1.82, 2.24) is 79.0 Å². The van der Waals surface area contributed by atoms with E-state index in [1.807, 2.05) is 36.4 Å². The summed E-state index contributed by atoms with van der Waals surface area (Å²) in [5, 5.41) is 36.2. The first kappa shape index (κ1) is 81.1. The van der Waals surface area contributed by atoms with E-state index in [-0.39, 0.29) is 89.8 Å². The predicted molar refractivity (Wildman–Crippen MR) is 391 cm³/mol. The van der Waals surface area contributed by atoms with Crippen LogP contribution in [0.15, 0.2) is 122 Å². The number of carbonyl (C=O) groups is 15. The number of carbonyl (C=O) groups excluding carboxylic acids is 15. The molecule has 5 aromatic rings. The molecule has 4 aromatic carbocycles. The minimum absolute atomic E-state index is 0.0250. The van der Waals surface area contributed by atoms with Gasteiger partial charge in [-0.05, 0) is 102 Å². The Labute approximate surface area is 622 Å². The lowest BCUT2D eigenvalue weighted by Gasteiger charge is -2.31. The Morgan fingerprint density at radius 2 is 1.22 bits per heavy atom. The van der Waals surface area contributed by atoms with Crippen LogP contribution in [0, 0.1) is 5.92 Å². The summed E-state index contributed by atoms with van der Waals surface area (Å²) in [7, 11) is 0. The highest BCUT2D eigenvalue weighted by Crippen LogP contribution is 2.22. The zero-order chi connectivity index (χ0) is 77.3. The van der Waals surface area contributed by atoms with Gasteiger partial charge in [-0.3, -0.25) is 72.1 Å². The van der Waals surface area contributed by atoms with Crippen LogP contribution in [0.4, 0.5) is 4.79 Å². The summed E-state index contributed by atoms with van der Waals surface area (Å²) < 4.78 is 0. The first-order valence-corrected chi connectivity index (χ1v) is 35.9. The number of urea groups is 1. The van der Waals surface area contributed by atoms with Crippen molar-refractivity contribution in [1.29, 1.82) is 0 Å². The van der Waals surface area contributed by atoms with E-state index in [0.717, 1.165) is 10.8 Å². The van der Waals surface area contributed by atoms with Crippen LogP contribution in [0.5, 0.6) is 0 Å². The second-order valence-corrected chi connectivity index (χ2v) is 27.6. The van der Waals surface area contributed by atoms with Crippen LogP contribution in [0.25, 0.3) is 10.8 Å². The number of primary amides is 2. The van der Waals surface area contributed by atoms with Crippen LogP contribution in [0.3, 0.4) is 0 Å². The summed E-state index contributed by atoms with van der Waals surface area (Å²) in [5.41, 5.74) is 13.3. The molecule has 570 valence electrons. The number of nitrogens with one attached hydrogen (secondary N) is 13. The van der Waals surface area contributed by atoms with Gasteiger partial charge in [-0.15, -0.1) is 0 Å². The van der Waals surface area contributed by atoms with Crippen LogP contribution in [0.1, 0.15) is 101 Å². The van der Waals surface area contributed by atoms with Crippen LogP contribution in [-0.2, 0) is 92.8 Å². The van der Waals surface area contributed by atoms with Crippen LogP contribution < -0.4 is 80.6 Å². The lowest BCUT2D eigenvalue weighted by molar-refractivity contribution is -0.142. The number of halogens is 1. The Morgan fingerprint density at radius 3 is 1.91 bits per heavy atom. The number of fused-ring (bicyclic) bond motifs is 11. The molecular formula is C74H92ClN17O15. The minimum Gasteiger partial charge on any atom is -0.368 e. The highest BCUT2D eigenvalue weighted by molar-refractivity contribution is 6.30. The lowest BCUT2D eigenvalue weighted by atomic mass is 9.99. The Bertz CT molecular complexity index is 4060. The summed E-state index contributed by atoms with van der Waals surface area (Å²) in [6.45, 7) is 3.49. The van der Waals surface area contributed by atoms with E-state index >= 15 is 19.2 Å². The number of hydrogen-bond acceptors (Lipinski definition) is 16. The predicted octanol–water partition coefficient (Wildman–Crippen LogP) is -1.18. The summed E-state index contributed by atoms with van der Waals surface area (Å²) in [4.78, 5) is 221. The maximum Gasteiger partial charge on any atom is 0.312 e. The molecule has 33 heteroatoms.